The van der Waals surface area contributed by atoms with Gasteiger partial charge in [0.05, 0.1) is 6.04 Å². The van der Waals surface area contributed by atoms with Gasteiger partial charge in [0.15, 0.2) is 0 Å². The number of rotatable bonds is 1. The predicted octanol–water partition coefficient (Wildman–Crippen LogP) is 1.94. The van der Waals surface area contributed by atoms with Gasteiger partial charge in [-0.1, -0.05) is 30.3 Å². The van der Waals surface area contributed by atoms with E-state index < -0.39 is 7.75 Å². The second-order valence-corrected chi connectivity index (χ2v) is 7.59. The van der Waals surface area contributed by atoms with Crippen LogP contribution in [0.25, 0.3) is 0 Å². The summed E-state index contributed by atoms with van der Waals surface area (Å²) >= 11 is 0. The number of pyridine rings is 1. The molecule has 4 rings (SSSR count). The van der Waals surface area contributed by atoms with Crippen LogP contribution >= 0.6 is 7.75 Å². The molecule has 1 unspecified atom stereocenters. The Labute approximate surface area is 134 Å². The Kier molecular flexibility index (Phi) is 3.50. The Balaban J connectivity index is 1.84. The van der Waals surface area contributed by atoms with Gasteiger partial charge in [-0.15, -0.1) is 0 Å². The van der Waals surface area contributed by atoms with Crippen molar-refractivity contribution < 1.29 is 14.4 Å². The molecule has 2 aliphatic rings. The van der Waals surface area contributed by atoms with Crippen LogP contribution in [0, 0.1) is 0 Å². The maximum absolute atomic E-state index is 11.7. The zero-order chi connectivity index (χ0) is 16.0. The SMILES string of the molecule is O=P(O)(O)N1CCN2c3ncccc3Cc3ccccc3C2C1. The highest BCUT2D eigenvalue weighted by atomic mass is 31.2. The van der Waals surface area contributed by atoms with E-state index in [-0.39, 0.29) is 6.04 Å². The van der Waals surface area contributed by atoms with Crippen LogP contribution < -0.4 is 4.90 Å². The van der Waals surface area contributed by atoms with Gasteiger partial charge in [-0.3, -0.25) is 0 Å². The molecule has 1 aromatic carbocycles. The second kappa shape index (κ2) is 5.42. The van der Waals surface area contributed by atoms with E-state index in [0.717, 1.165) is 23.4 Å². The highest BCUT2D eigenvalue weighted by Crippen LogP contribution is 2.46. The maximum Gasteiger partial charge on any atom is 0.403 e. The summed E-state index contributed by atoms with van der Waals surface area (Å²) in [5, 5.41) is 0. The van der Waals surface area contributed by atoms with E-state index in [2.05, 4.69) is 28.1 Å². The predicted molar refractivity (Wildman–Crippen MR) is 87.2 cm³/mol. The van der Waals surface area contributed by atoms with Crippen molar-refractivity contribution in [2.24, 2.45) is 0 Å². The van der Waals surface area contributed by atoms with Crippen molar-refractivity contribution in [3.63, 3.8) is 0 Å². The number of benzene rings is 1. The molecule has 1 aromatic heterocycles. The third kappa shape index (κ3) is 2.58. The zero-order valence-corrected chi connectivity index (χ0v) is 13.4. The lowest BCUT2D eigenvalue weighted by Gasteiger charge is -2.42. The van der Waals surface area contributed by atoms with Gasteiger partial charge in [-0.25, -0.2) is 14.2 Å². The lowest BCUT2D eigenvalue weighted by molar-refractivity contribution is 0.241. The molecule has 2 N–H and O–H groups in total. The second-order valence-electron chi connectivity index (χ2n) is 6.00. The number of aromatic nitrogens is 1. The Bertz CT molecular complexity index is 792. The van der Waals surface area contributed by atoms with E-state index in [1.165, 1.54) is 10.2 Å². The molecule has 1 fully saturated rings. The van der Waals surface area contributed by atoms with Crippen molar-refractivity contribution in [1.82, 2.24) is 9.65 Å². The molecule has 1 saturated heterocycles. The third-order valence-corrected chi connectivity index (χ3v) is 5.76. The Morgan fingerprint density at radius 1 is 1.09 bits per heavy atom. The van der Waals surface area contributed by atoms with Crippen molar-refractivity contribution in [3.8, 4) is 0 Å². The topological polar surface area (TPSA) is 76.9 Å². The normalized spacial score (nSPS) is 21.1. The molecule has 0 radical (unpaired) electrons. The van der Waals surface area contributed by atoms with Gasteiger partial charge in [0, 0.05) is 32.3 Å². The molecule has 23 heavy (non-hydrogen) atoms. The molecular weight excluding hydrogens is 313 g/mol. The van der Waals surface area contributed by atoms with Crippen molar-refractivity contribution >= 4 is 13.6 Å². The summed E-state index contributed by atoms with van der Waals surface area (Å²) in [6.45, 7) is 1.18. The molecule has 1 atom stereocenters. The molecule has 0 spiro atoms. The Hall–Kier alpha value is -1.72. The van der Waals surface area contributed by atoms with Crippen molar-refractivity contribution in [2.75, 3.05) is 24.5 Å². The van der Waals surface area contributed by atoms with Crippen molar-refractivity contribution in [2.45, 2.75) is 12.5 Å². The molecule has 120 valence electrons. The minimum atomic E-state index is -4.23. The van der Waals surface area contributed by atoms with E-state index in [0.29, 0.717) is 19.6 Å². The highest BCUT2D eigenvalue weighted by Gasteiger charge is 2.38. The summed E-state index contributed by atoms with van der Waals surface area (Å²) in [7, 11) is -4.23. The summed E-state index contributed by atoms with van der Waals surface area (Å²) in [4.78, 5) is 25.8. The molecular formula is C16H18N3O3P. The number of hydrogen-bond donors (Lipinski definition) is 2. The number of fused-ring (bicyclic) bond motifs is 5. The van der Waals surface area contributed by atoms with Gasteiger partial charge >= 0.3 is 7.75 Å². The third-order valence-electron chi connectivity index (χ3n) is 4.66. The van der Waals surface area contributed by atoms with Crippen molar-refractivity contribution in [1.29, 1.82) is 0 Å². The summed E-state index contributed by atoms with van der Waals surface area (Å²) in [6.07, 6.45) is 2.57. The molecule has 6 nitrogen and oxygen atoms in total. The minimum absolute atomic E-state index is 0.0938. The van der Waals surface area contributed by atoms with Gasteiger partial charge in [0.1, 0.15) is 5.82 Å². The summed E-state index contributed by atoms with van der Waals surface area (Å²) in [5.74, 6) is 0.930. The van der Waals surface area contributed by atoms with E-state index in [4.69, 9.17) is 0 Å². The lowest BCUT2D eigenvalue weighted by Crippen LogP contribution is -2.47. The monoisotopic (exact) mass is 331 g/mol. The number of anilines is 1. The van der Waals surface area contributed by atoms with Crippen molar-refractivity contribution in [3.05, 3.63) is 59.3 Å². The number of nitrogens with zero attached hydrogens (tertiary/aromatic N) is 3. The van der Waals surface area contributed by atoms with Gasteiger partial charge < -0.3 is 14.7 Å². The van der Waals surface area contributed by atoms with Gasteiger partial charge in [-0.05, 0) is 22.8 Å². The molecule has 0 saturated carbocycles. The number of piperazine rings is 1. The molecule has 0 amide bonds. The Morgan fingerprint density at radius 3 is 2.70 bits per heavy atom. The largest absolute Gasteiger partial charge is 0.403 e. The maximum atomic E-state index is 11.7. The van der Waals surface area contributed by atoms with Crippen LogP contribution in [0.2, 0.25) is 0 Å². The molecule has 2 aliphatic heterocycles. The van der Waals surface area contributed by atoms with E-state index in [1.54, 1.807) is 6.20 Å². The standard InChI is InChI=1S/C16H18N3O3P/c20-23(21,22)18-8-9-19-15(11-18)14-6-2-1-4-12(14)10-13-5-3-7-17-16(13)19/h1-7,15H,8-11H2,(H2,20,21,22). The fraction of sp³-hybridized carbons (Fsp3) is 0.312. The molecule has 7 heteroatoms. The molecule has 2 aromatic rings. The van der Waals surface area contributed by atoms with Crippen LogP contribution in [0.5, 0.6) is 0 Å². The minimum Gasteiger partial charge on any atom is -0.347 e. The zero-order valence-electron chi connectivity index (χ0n) is 12.5. The first-order chi connectivity index (χ1) is 11.0. The fourth-order valence-electron chi connectivity index (χ4n) is 3.58. The fourth-order valence-corrected chi connectivity index (χ4v) is 4.29. The lowest BCUT2D eigenvalue weighted by atomic mass is 9.96. The van der Waals surface area contributed by atoms with Crippen LogP contribution in [-0.2, 0) is 11.0 Å². The van der Waals surface area contributed by atoms with E-state index >= 15 is 0 Å². The average molecular weight is 331 g/mol. The Morgan fingerprint density at radius 2 is 1.87 bits per heavy atom. The summed E-state index contributed by atoms with van der Waals surface area (Å²) in [5.41, 5.74) is 3.48. The van der Waals surface area contributed by atoms with E-state index in [1.807, 2.05) is 18.2 Å². The van der Waals surface area contributed by atoms with Crippen LogP contribution in [0.1, 0.15) is 22.7 Å². The van der Waals surface area contributed by atoms with E-state index in [9.17, 15) is 14.4 Å². The highest BCUT2D eigenvalue weighted by molar-refractivity contribution is 7.49. The molecule has 0 bridgehead atoms. The smallest absolute Gasteiger partial charge is 0.347 e. The average Bonchev–Trinajstić information content (AvgIpc) is 2.68. The summed E-state index contributed by atoms with van der Waals surface area (Å²) in [6, 6.07) is 12.1. The van der Waals surface area contributed by atoms with Crippen LogP contribution in [0.4, 0.5) is 5.82 Å². The first-order valence-electron chi connectivity index (χ1n) is 7.63. The molecule has 3 heterocycles. The summed E-state index contributed by atoms with van der Waals surface area (Å²) < 4.78 is 13.0. The van der Waals surface area contributed by atoms with Crippen LogP contribution in [0.15, 0.2) is 42.6 Å². The molecule has 0 aliphatic carbocycles. The quantitative estimate of drug-likeness (QED) is 0.778. The van der Waals surface area contributed by atoms with Crippen LogP contribution in [-0.4, -0.2) is 39.1 Å². The first kappa shape index (κ1) is 14.8. The van der Waals surface area contributed by atoms with Crippen LogP contribution in [0.3, 0.4) is 0 Å². The first-order valence-corrected chi connectivity index (χ1v) is 9.20. The van der Waals surface area contributed by atoms with Gasteiger partial charge in [0.2, 0.25) is 0 Å². The van der Waals surface area contributed by atoms with Gasteiger partial charge in [0.25, 0.3) is 0 Å². The number of hydrogen-bond acceptors (Lipinski definition) is 3. The van der Waals surface area contributed by atoms with Gasteiger partial charge in [-0.2, -0.15) is 0 Å².